The van der Waals surface area contributed by atoms with Crippen LogP contribution in [0.15, 0.2) is 68.7 Å². The maximum atomic E-state index is 14.8. The summed E-state index contributed by atoms with van der Waals surface area (Å²) in [5.74, 6) is -3.45. The van der Waals surface area contributed by atoms with Crippen LogP contribution < -0.4 is 16.2 Å². The molecule has 12 heteroatoms. The third kappa shape index (κ3) is 4.45. The highest BCUT2D eigenvalue weighted by Gasteiger charge is 2.33. The number of primary amides is 1. The largest absolute Gasteiger partial charge is 0.434 e. The van der Waals surface area contributed by atoms with Crippen LogP contribution in [0.3, 0.4) is 0 Å². The highest BCUT2D eigenvalue weighted by molar-refractivity contribution is 7.89. The van der Waals surface area contributed by atoms with E-state index in [4.69, 9.17) is 21.8 Å². The van der Waals surface area contributed by atoms with E-state index in [1.54, 1.807) is 37.3 Å². The van der Waals surface area contributed by atoms with Gasteiger partial charge in [0.2, 0.25) is 21.8 Å². The molecule has 1 heterocycles. The Labute approximate surface area is 197 Å². The molecule has 9 nitrogen and oxygen atoms in total. The molecule has 34 heavy (non-hydrogen) atoms. The number of hydrogen-bond donors (Lipinski definition) is 3. The maximum absolute atomic E-state index is 14.8. The van der Waals surface area contributed by atoms with Crippen LogP contribution in [0.2, 0.25) is 5.02 Å². The van der Waals surface area contributed by atoms with Crippen molar-refractivity contribution in [3.05, 3.63) is 93.0 Å². The molecule has 176 valence electrons. The molecule has 0 aliphatic rings. The summed E-state index contributed by atoms with van der Waals surface area (Å²) in [7, 11) is -4.43. The number of aromatic amines is 1. The second kappa shape index (κ2) is 9.01. The highest BCUT2D eigenvalue weighted by Crippen LogP contribution is 2.36. The van der Waals surface area contributed by atoms with Gasteiger partial charge < -0.3 is 10.2 Å². The van der Waals surface area contributed by atoms with Gasteiger partial charge in [0, 0.05) is 16.3 Å². The van der Waals surface area contributed by atoms with Gasteiger partial charge in [0.05, 0.1) is 10.5 Å². The lowest BCUT2D eigenvalue weighted by molar-refractivity contribution is 0.0997. The molecular formula is C22H18ClFN4O5S. The van der Waals surface area contributed by atoms with E-state index < -0.39 is 44.4 Å². The fraction of sp³-hybridized carbons (Fsp3) is 0.136. The van der Waals surface area contributed by atoms with E-state index in [9.17, 15) is 22.4 Å². The number of nitrogens with zero attached hydrogens (tertiary/aromatic N) is 1. The molecule has 4 rings (SSSR count). The number of aromatic nitrogens is 2. The Morgan fingerprint density at radius 1 is 1.21 bits per heavy atom. The van der Waals surface area contributed by atoms with Gasteiger partial charge in [0.1, 0.15) is 11.9 Å². The van der Waals surface area contributed by atoms with Crippen molar-refractivity contribution < 1.29 is 22.0 Å². The van der Waals surface area contributed by atoms with E-state index in [1.807, 2.05) is 0 Å². The first kappa shape index (κ1) is 23.6. The number of benzene rings is 3. The Hall–Kier alpha value is -3.54. The van der Waals surface area contributed by atoms with Crippen molar-refractivity contribution >= 4 is 38.3 Å². The number of rotatable bonds is 7. The first-order valence-corrected chi connectivity index (χ1v) is 11.8. The molecule has 4 N–H and O–H groups in total. The Morgan fingerprint density at radius 3 is 2.56 bits per heavy atom. The van der Waals surface area contributed by atoms with Gasteiger partial charge >= 0.3 is 5.76 Å². The molecule has 0 spiro atoms. The van der Waals surface area contributed by atoms with Crippen molar-refractivity contribution in [2.75, 3.05) is 0 Å². The van der Waals surface area contributed by atoms with Crippen molar-refractivity contribution in [1.29, 1.82) is 0 Å². The van der Waals surface area contributed by atoms with Crippen LogP contribution in [0, 0.1) is 5.82 Å². The zero-order chi connectivity index (χ0) is 24.6. The first-order valence-electron chi connectivity index (χ1n) is 9.92. The summed E-state index contributed by atoms with van der Waals surface area (Å²) >= 11 is 5.89. The number of nitrogens with one attached hydrogen (secondary N) is 2. The van der Waals surface area contributed by atoms with Crippen LogP contribution in [-0.4, -0.2) is 24.5 Å². The van der Waals surface area contributed by atoms with Crippen LogP contribution >= 0.6 is 11.6 Å². The fourth-order valence-electron chi connectivity index (χ4n) is 3.78. The summed E-state index contributed by atoms with van der Waals surface area (Å²) in [6.07, 6.45) is 0. The Bertz CT molecular complexity index is 1560. The van der Waals surface area contributed by atoms with Gasteiger partial charge in [-0.15, -0.1) is 5.10 Å². The number of carbonyl (C=O) groups excluding carboxylic acids is 1. The van der Waals surface area contributed by atoms with Gasteiger partial charge in [0.15, 0.2) is 0 Å². The summed E-state index contributed by atoms with van der Waals surface area (Å²) in [5.41, 5.74) is 5.46. The molecule has 0 fully saturated rings. The summed E-state index contributed by atoms with van der Waals surface area (Å²) in [6, 6.07) is 11.9. The zero-order valence-electron chi connectivity index (χ0n) is 17.6. The normalized spacial score (nSPS) is 13.6. The number of H-pyrrole nitrogens is 1. The minimum Gasteiger partial charge on any atom is -0.391 e. The molecule has 0 aliphatic carbocycles. The van der Waals surface area contributed by atoms with Crippen molar-refractivity contribution in [2.45, 2.75) is 23.8 Å². The van der Waals surface area contributed by atoms with E-state index in [2.05, 4.69) is 14.9 Å². The molecular weight excluding hydrogens is 487 g/mol. The number of carbonyl (C=O) groups is 1. The number of halogens is 2. The third-order valence-corrected chi connectivity index (χ3v) is 7.11. The standard InChI is InChI=1S/C22H18ClFN4O5S/c1-11(14-6-2-4-12-5-3-7-16(24)18(12)14)19(21-26-27-22(30)33-21)28-34(31,32)17-9-8-13(23)10-15(17)20(25)29/h2-11,19,28H,1H3,(H2,25,29)(H,27,30)/t11-,19+/m1/s1. The van der Waals surface area contributed by atoms with Crippen molar-refractivity contribution in [1.82, 2.24) is 14.9 Å². The Balaban J connectivity index is 1.85. The second-order valence-electron chi connectivity index (χ2n) is 7.53. The predicted molar refractivity (Wildman–Crippen MR) is 122 cm³/mol. The van der Waals surface area contributed by atoms with Crippen molar-refractivity contribution in [3.63, 3.8) is 0 Å². The molecule has 3 aromatic carbocycles. The SMILES string of the molecule is C[C@H](c1cccc2cccc(F)c12)[C@H](NS(=O)(=O)c1ccc(Cl)cc1C(N)=O)c1n[nH]c(=O)o1. The summed E-state index contributed by atoms with van der Waals surface area (Å²) in [4.78, 5) is 23.1. The molecule has 1 aromatic heterocycles. The minimum absolute atomic E-state index is 0.113. The van der Waals surface area contributed by atoms with Crippen molar-refractivity contribution in [2.24, 2.45) is 5.73 Å². The number of nitrogens with two attached hydrogens (primary N) is 1. The lowest BCUT2D eigenvalue weighted by Crippen LogP contribution is -2.33. The lowest BCUT2D eigenvalue weighted by Gasteiger charge is -2.24. The van der Waals surface area contributed by atoms with Gasteiger partial charge in [-0.25, -0.2) is 22.7 Å². The number of hydrogen-bond acceptors (Lipinski definition) is 6. The van der Waals surface area contributed by atoms with E-state index in [0.717, 1.165) is 12.1 Å². The number of fused-ring (bicyclic) bond motifs is 1. The van der Waals surface area contributed by atoms with E-state index in [-0.39, 0.29) is 21.9 Å². The van der Waals surface area contributed by atoms with Gasteiger partial charge in [-0.2, -0.15) is 4.72 Å². The minimum atomic E-state index is -4.43. The van der Waals surface area contributed by atoms with Gasteiger partial charge in [-0.3, -0.25) is 4.79 Å². The summed E-state index contributed by atoms with van der Waals surface area (Å²) < 4.78 is 48.9. The lowest BCUT2D eigenvalue weighted by atomic mass is 9.89. The van der Waals surface area contributed by atoms with Crippen LogP contribution in [0.4, 0.5) is 4.39 Å². The molecule has 1 amide bonds. The van der Waals surface area contributed by atoms with E-state index in [0.29, 0.717) is 10.9 Å². The quantitative estimate of drug-likeness (QED) is 0.352. The Morgan fingerprint density at radius 2 is 1.91 bits per heavy atom. The molecule has 0 saturated carbocycles. The first-order chi connectivity index (χ1) is 16.1. The highest BCUT2D eigenvalue weighted by atomic mass is 35.5. The second-order valence-corrected chi connectivity index (χ2v) is 9.65. The van der Waals surface area contributed by atoms with Gasteiger partial charge in [-0.05, 0) is 35.2 Å². The predicted octanol–water partition coefficient (Wildman–Crippen LogP) is 3.23. The fourth-order valence-corrected chi connectivity index (χ4v) is 5.42. The Kier molecular flexibility index (Phi) is 6.26. The molecule has 0 unspecified atom stereocenters. The average Bonchev–Trinajstić information content (AvgIpc) is 3.22. The third-order valence-electron chi connectivity index (χ3n) is 5.38. The van der Waals surface area contributed by atoms with Crippen LogP contribution in [0.1, 0.15) is 40.7 Å². The van der Waals surface area contributed by atoms with Crippen molar-refractivity contribution in [3.8, 4) is 0 Å². The number of amides is 1. The molecule has 0 radical (unpaired) electrons. The van der Waals surface area contributed by atoms with Gasteiger partial charge in [0.25, 0.3) is 0 Å². The molecule has 2 atom stereocenters. The summed E-state index contributed by atoms with van der Waals surface area (Å²) in [5, 5.41) is 6.87. The average molecular weight is 505 g/mol. The molecule has 0 bridgehead atoms. The van der Waals surface area contributed by atoms with Crippen LogP contribution in [0.25, 0.3) is 10.8 Å². The molecule has 4 aromatic rings. The summed E-state index contributed by atoms with van der Waals surface area (Å²) in [6.45, 7) is 1.62. The van der Waals surface area contributed by atoms with Crippen LogP contribution in [-0.2, 0) is 10.0 Å². The smallest absolute Gasteiger partial charge is 0.391 e. The monoisotopic (exact) mass is 504 g/mol. The zero-order valence-corrected chi connectivity index (χ0v) is 19.2. The van der Waals surface area contributed by atoms with E-state index in [1.165, 1.54) is 12.1 Å². The van der Waals surface area contributed by atoms with Crippen LogP contribution in [0.5, 0.6) is 0 Å². The molecule has 0 saturated heterocycles. The van der Waals surface area contributed by atoms with Gasteiger partial charge in [-0.1, -0.05) is 48.9 Å². The number of sulfonamides is 1. The molecule has 0 aliphatic heterocycles. The maximum Gasteiger partial charge on any atom is 0.434 e. The van der Waals surface area contributed by atoms with E-state index >= 15 is 0 Å². The topological polar surface area (TPSA) is 148 Å².